The van der Waals surface area contributed by atoms with E-state index in [-0.39, 0.29) is 0 Å². The molecule has 0 aliphatic heterocycles. The Kier molecular flexibility index (Phi) is 8.09. The molecule has 0 radical (unpaired) electrons. The Morgan fingerprint density at radius 2 is 0.930 bits per heavy atom. The van der Waals surface area contributed by atoms with E-state index >= 15 is 0 Å². The Labute approximate surface area is 340 Å². The van der Waals surface area contributed by atoms with E-state index < -0.39 is 0 Å². The fourth-order valence-corrected chi connectivity index (χ4v) is 13.2. The van der Waals surface area contributed by atoms with E-state index in [0.29, 0.717) is 26.3 Å². The first kappa shape index (κ1) is 33.8. The quantitative estimate of drug-likeness (QED) is 0.153. The number of fused-ring (bicyclic) bond motifs is 9. The maximum atomic E-state index is 2.63. The van der Waals surface area contributed by atoms with Crippen LogP contribution in [-0.4, -0.2) is 23.6 Å². The first-order valence-corrected chi connectivity index (χ1v) is 23.1. The second-order valence-corrected chi connectivity index (χ2v) is 19.2. The average Bonchev–Trinajstić information content (AvgIpc) is 3.94. The molecule has 2 aliphatic rings. The van der Waals surface area contributed by atoms with E-state index in [1.807, 2.05) is 0 Å². The molecule has 2 fully saturated rings. The molecular weight excluding hydrogens is 756 g/mol. The SMILES string of the molecule is c1ccc2c(c1)c1ccccc1n2-c1cccc2c1c1ccccc1n2-c1ccc2[se]c3ccc(-c4cc(C5CCCCC5)cc(C5CCCCC5)c4)cc3c2c1. The standard InChI is InChI=1S/C54H46N2Se/c1-3-14-35(15-4-1)38-30-39(36-16-5-2-6-17-36)32-40(31-38)37-26-28-52-45(33-37)46-34-41(27-29-53(46)57-52)55-49-23-12-9-20-44(49)54-50(55)24-13-25-51(54)56-47-21-10-7-18-42(47)43-19-8-11-22-48(43)56/h7-13,18-36H,1-6,14-17H2. The topological polar surface area (TPSA) is 9.86 Å². The van der Waals surface area contributed by atoms with Gasteiger partial charge in [0, 0.05) is 0 Å². The molecular formula is C54H46N2Se. The molecule has 0 amide bonds. The maximum absolute atomic E-state index is 2.63. The molecule has 12 rings (SSSR count). The molecule has 3 heteroatoms. The van der Waals surface area contributed by atoms with Gasteiger partial charge in [-0.2, -0.15) is 0 Å². The number of aromatic nitrogens is 2. The molecule has 0 saturated heterocycles. The van der Waals surface area contributed by atoms with Gasteiger partial charge in [0.2, 0.25) is 0 Å². The van der Waals surface area contributed by atoms with Crippen LogP contribution >= 0.6 is 0 Å². The van der Waals surface area contributed by atoms with Crippen molar-refractivity contribution in [2.24, 2.45) is 0 Å². The second-order valence-electron chi connectivity index (χ2n) is 16.9. The van der Waals surface area contributed by atoms with Crippen molar-refractivity contribution in [1.82, 2.24) is 9.13 Å². The summed E-state index contributed by atoms with van der Waals surface area (Å²) in [6.45, 7) is 0. The Hall–Kier alpha value is -5.34. The van der Waals surface area contributed by atoms with Gasteiger partial charge in [-0.25, -0.2) is 0 Å². The molecule has 3 aromatic heterocycles. The minimum atomic E-state index is 0.295. The van der Waals surface area contributed by atoms with Gasteiger partial charge in [0.05, 0.1) is 0 Å². The third-order valence-electron chi connectivity index (χ3n) is 13.7. The van der Waals surface area contributed by atoms with E-state index in [1.165, 1.54) is 150 Å². The zero-order valence-corrected chi connectivity index (χ0v) is 34.1. The molecule has 2 nitrogen and oxygen atoms in total. The fourth-order valence-electron chi connectivity index (χ4n) is 10.9. The predicted octanol–water partition coefficient (Wildman–Crippen LogP) is 15.0. The summed E-state index contributed by atoms with van der Waals surface area (Å²) in [6.07, 6.45) is 13.7. The van der Waals surface area contributed by atoms with Gasteiger partial charge in [0.1, 0.15) is 0 Å². The van der Waals surface area contributed by atoms with Crippen LogP contribution in [0.25, 0.3) is 85.4 Å². The fraction of sp³-hybridized carbons (Fsp3) is 0.222. The van der Waals surface area contributed by atoms with Crippen molar-refractivity contribution < 1.29 is 0 Å². The van der Waals surface area contributed by atoms with Crippen LogP contribution < -0.4 is 0 Å². The second kappa shape index (κ2) is 13.7. The van der Waals surface area contributed by atoms with Crippen molar-refractivity contribution in [3.05, 3.63) is 157 Å². The van der Waals surface area contributed by atoms with Crippen molar-refractivity contribution in [2.75, 3.05) is 0 Å². The van der Waals surface area contributed by atoms with E-state index in [9.17, 15) is 0 Å². The third-order valence-corrected chi connectivity index (χ3v) is 16.1. The summed E-state index contributed by atoms with van der Waals surface area (Å²) < 4.78 is 7.99. The Balaban J connectivity index is 1.03. The molecule has 2 aliphatic carbocycles. The number of hydrogen-bond donors (Lipinski definition) is 0. The molecule has 7 aromatic carbocycles. The van der Waals surface area contributed by atoms with Crippen molar-refractivity contribution in [3.8, 4) is 22.5 Å². The minimum absolute atomic E-state index is 0.295. The van der Waals surface area contributed by atoms with Crippen LogP contribution in [0, 0.1) is 0 Å². The molecule has 10 aromatic rings. The van der Waals surface area contributed by atoms with Crippen LogP contribution in [0.5, 0.6) is 0 Å². The third kappa shape index (κ3) is 5.50. The number of para-hydroxylation sites is 3. The normalized spacial score (nSPS) is 15.9. The molecule has 0 atom stereocenters. The molecule has 0 N–H and O–H groups in total. The van der Waals surface area contributed by atoms with Crippen molar-refractivity contribution in [1.29, 1.82) is 0 Å². The van der Waals surface area contributed by atoms with Gasteiger partial charge >= 0.3 is 330 Å². The summed E-state index contributed by atoms with van der Waals surface area (Å²) in [6, 6.07) is 56.1. The van der Waals surface area contributed by atoms with Crippen LogP contribution in [0.15, 0.2) is 146 Å². The summed E-state index contributed by atoms with van der Waals surface area (Å²) in [5.41, 5.74) is 13.4. The van der Waals surface area contributed by atoms with Gasteiger partial charge in [0.15, 0.2) is 0 Å². The number of nitrogens with zero attached hydrogens (tertiary/aromatic N) is 2. The van der Waals surface area contributed by atoms with Gasteiger partial charge < -0.3 is 0 Å². The van der Waals surface area contributed by atoms with Crippen LogP contribution in [0.2, 0.25) is 0 Å². The molecule has 0 bridgehead atoms. The average molecular weight is 802 g/mol. The zero-order valence-electron chi connectivity index (χ0n) is 32.4. The van der Waals surface area contributed by atoms with E-state index in [0.717, 1.165) is 0 Å². The van der Waals surface area contributed by atoms with Crippen LogP contribution in [0.4, 0.5) is 0 Å². The summed E-state index contributed by atoms with van der Waals surface area (Å²) in [7, 11) is 0. The van der Waals surface area contributed by atoms with Gasteiger partial charge in [0.25, 0.3) is 0 Å². The van der Waals surface area contributed by atoms with Crippen molar-refractivity contribution in [3.63, 3.8) is 0 Å². The molecule has 2 saturated carbocycles. The van der Waals surface area contributed by atoms with Crippen molar-refractivity contribution in [2.45, 2.75) is 76.0 Å². The number of hydrogen-bond acceptors (Lipinski definition) is 0. The Bertz CT molecular complexity index is 3070. The van der Waals surface area contributed by atoms with Crippen molar-refractivity contribution >= 4 is 77.4 Å². The number of benzene rings is 7. The summed E-state index contributed by atoms with van der Waals surface area (Å²) in [4.78, 5) is 0. The molecule has 3 heterocycles. The van der Waals surface area contributed by atoms with E-state index in [2.05, 4.69) is 155 Å². The van der Waals surface area contributed by atoms with Gasteiger partial charge in [-0.1, -0.05) is 12.1 Å². The summed E-state index contributed by atoms with van der Waals surface area (Å²) in [5.74, 6) is 1.42. The van der Waals surface area contributed by atoms with Crippen LogP contribution in [-0.2, 0) is 0 Å². The van der Waals surface area contributed by atoms with Gasteiger partial charge in [-0.3, -0.25) is 0 Å². The molecule has 0 spiro atoms. The van der Waals surface area contributed by atoms with Crippen LogP contribution in [0.3, 0.4) is 0 Å². The monoisotopic (exact) mass is 802 g/mol. The zero-order chi connectivity index (χ0) is 37.5. The van der Waals surface area contributed by atoms with E-state index in [4.69, 9.17) is 0 Å². The summed E-state index contributed by atoms with van der Waals surface area (Å²) >= 11 is 0.295. The molecule has 0 unspecified atom stereocenters. The van der Waals surface area contributed by atoms with Gasteiger partial charge in [-0.05, 0) is 0 Å². The number of rotatable bonds is 5. The van der Waals surface area contributed by atoms with E-state index in [1.54, 1.807) is 11.1 Å². The Morgan fingerprint density at radius 3 is 1.58 bits per heavy atom. The predicted molar refractivity (Wildman–Crippen MR) is 244 cm³/mol. The molecule has 57 heavy (non-hydrogen) atoms. The molecule has 278 valence electrons. The van der Waals surface area contributed by atoms with Crippen LogP contribution in [0.1, 0.15) is 87.2 Å². The first-order valence-electron chi connectivity index (χ1n) is 21.4. The first-order chi connectivity index (χ1) is 28.3. The Morgan fingerprint density at radius 1 is 0.386 bits per heavy atom. The summed E-state index contributed by atoms with van der Waals surface area (Å²) in [5, 5.41) is 7.99. The van der Waals surface area contributed by atoms with Gasteiger partial charge in [-0.15, -0.1) is 0 Å².